The van der Waals surface area contributed by atoms with E-state index in [9.17, 15) is 0 Å². The molecule has 1 aliphatic heterocycles. The molecule has 9 nitrogen and oxygen atoms in total. The van der Waals surface area contributed by atoms with E-state index in [-0.39, 0.29) is 6.61 Å². The lowest BCUT2D eigenvalue weighted by Crippen LogP contribution is -2.33. The summed E-state index contributed by atoms with van der Waals surface area (Å²) in [5.41, 5.74) is 4.20. The van der Waals surface area contributed by atoms with E-state index in [1.807, 2.05) is 65.2 Å². The number of benzene rings is 1. The van der Waals surface area contributed by atoms with Crippen LogP contribution < -0.4 is 19.2 Å². The molecule has 32 heavy (non-hydrogen) atoms. The van der Waals surface area contributed by atoms with Gasteiger partial charge in [-0.1, -0.05) is 4.99 Å². The van der Waals surface area contributed by atoms with E-state index < -0.39 is 0 Å². The Morgan fingerprint density at radius 1 is 1.06 bits per heavy atom. The van der Waals surface area contributed by atoms with Gasteiger partial charge in [-0.15, -0.1) is 10.2 Å². The molecule has 6 rings (SSSR count). The minimum atomic E-state index is 0.217. The van der Waals surface area contributed by atoms with E-state index >= 15 is 0 Å². The molecule has 1 aromatic carbocycles. The lowest BCUT2D eigenvalue weighted by molar-refractivity contribution is -0.521. The molecule has 1 aliphatic rings. The highest BCUT2D eigenvalue weighted by Crippen LogP contribution is 2.27. The summed E-state index contributed by atoms with van der Waals surface area (Å²) in [6, 6.07) is 15.4. The SMILES string of the molecule is COc1ccc2c(OCc3nnc4ccc(-c5ccc6[n+](c5)=CCN=6)nn34)ccnc2c1. The van der Waals surface area contributed by atoms with Gasteiger partial charge in [-0.05, 0) is 36.4 Å². The average molecular weight is 424 g/mol. The van der Waals surface area contributed by atoms with Crippen molar-refractivity contribution in [2.75, 3.05) is 13.7 Å². The predicted octanol–water partition coefficient (Wildman–Crippen LogP) is 1.86. The molecule has 9 heteroatoms. The number of rotatable bonds is 5. The van der Waals surface area contributed by atoms with Crippen molar-refractivity contribution in [3.63, 3.8) is 0 Å². The van der Waals surface area contributed by atoms with Crippen molar-refractivity contribution in [2.45, 2.75) is 6.61 Å². The van der Waals surface area contributed by atoms with Gasteiger partial charge < -0.3 is 9.47 Å². The first-order valence-corrected chi connectivity index (χ1v) is 10.1. The molecule has 5 heterocycles. The van der Waals surface area contributed by atoms with Crippen molar-refractivity contribution in [2.24, 2.45) is 4.99 Å². The van der Waals surface area contributed by atoms with Gasteiger partial charge in [0.1, 0.15) is 30.5 Å². The minimum absolute atomic E-state index is 0.217. The Bertz CT molecular complexity index is 1610. The lowest BCUT2D eigenvalue weighted by Gasteiger charge is -2.09. The smallest absolute Gasteiger partial charge is 0.322 e. The molecule has 5 aromatic rings. The molecule has 0 fully saturated rings. The standard InChI is InChI=1S/C23H18N7O2/c1-31-16-3-4-17-19(12-16)24-9-8-20(17)32-14-23-27-26-22-7-5-18(28-30(22)23)15-2-6-21-25-10-11-29(21)13-15/h2-9,11-13H,10,14H2,1H3/q+1. The summed E-state index contributed by atoms with van der Waals surface area (Å²) < 4.78 is 15.1. The van der Waals surface area contributed by atoms with Crippen LogP contribution in [-0.4, -0.2) is 38.4 Å². The second kappa shape index (κ2) is 7.38. The summed E-state index contributed by atoms with van der Waals surface area (Å²) in [5.74, 6) is 2.06. The largest absolute Gasteiger partial charge is 0.497 e. The maximum atomic E-state index is 6.09. The average Bonchev–Trinajstić information content (AvgIpc) is 3.48. The summed E-state index contributed by atoms with van der Waals surface area (Å²) in [6.45, 7) is 0.910. The van der Waals surface area contributed by atoms with Crippen LogP contribution in [0.5, 0.6) is 11.5 Å². The zero-order valence-electron chi connectivity index (χ0n) is 17.2. The lowest BCUT2D eigenvalue weighted by atomic mass is 10.2. The van der Waals surface area contributed by atoms with E-state index in [1.54, 1.807) is 17.8 Å². The number of hydrogen-bond donors (Lipinski definition) is 0. The van der Waals surface area contributed by atoms with Gasteiger partial charge >= 0.3 is 5.49 Å². The topological polar surface area (TPSA) is 92.7 Å². The van der Waals surface area contributed by atoms with Crippen LogP contribution in [0.4, 0.5) is 0 Å². The Hall–Kier alpha value is -4.40. The molecular weight excluding hydrogens is 406 g/mol. The van der Waals surface area contributed by atoms with Gasteiger partial charge in [0.05, 0.1) is 18.3 Å². The van der Waals surface area contributed by atoms with Crippen LogP contribution in [-0.2, 0) is 6.61 Å². The predicted molar refractivity (Wildman–Crippen MR) is 115 cm³/mol. The molecule has 0 saturated heterocycles. The molecule has 0 radical (unpaired) electrons. The quantitative estimate of drug-likeness (QED) is 0.400. The van der Waals surface area contributed by atoms with Crippen LogP contribution in [0, 0.1) is 6.21 Å². The van der Waals surface area contributed by atoms with Crippen molar-refractivity contribution in [1.82, 2.24) is 24.8 Å². The van der Waals surface area contributed by atoms with Crippen LogP contribution in [0.3, 0.4) is 0 Å². The number of ether oxygens (including phenoxy) is 2. The molecule has 0 saturated carbocycles. The molecule has 0 unspecified atom stereocenters. The van der Waals surface area contributed by atoms with Gasteiger partial charge in [-0.2, -0.15) is 9.61 Å². The van der Waals surface area contributed by atoms with E-state index in [0.29, 0.717) is 23.8 Å². The van der Waals surface area contributed by atoms with E-state index in [4.69, 9.17) is 14.6 Å². The zero-order valence-corrected chi connectivity index (χ0v) is 17.2. The fourth-order valence-corrected chi connectivity index (χ4v) is 3.74. The third-order valence-corrected chi connectivity index (χ3v) is 5.38. The maximum Gasteiger partial charge on any atom is 0.322 e. The van der Waals surface area contributed by atoms with E-state index in [2.05, 4.69) is 20.2 Å². The van der Waals surface area contributed by atoms with Crippen LogP contribution in [0.2, 0.25) is 0 Å². The second-order valence-corrected chi connectivity index (χ2v) is 7.29. The molecule has 4 aromatic heterocycles. The van der Waals surface area contributed by atoms with Crippen molar-refractivity contribution in [3.8, 4) is 22.8 Å². The van der Waals surface area contributed by atoms with Crippen molar-refractivity contribution < 1.29 is 13.7 Å². The summed E-state index contributed by atoms with van der Waals surface area (Å²) in [5, 5.41) is 14.1. The summed E-state index contributed by atoms with van der Waals surface area (Å²) in [6.07, 6.45) is 5.77. The molecule has 0 bridgehead atoms. The molecule has 0 amide bonds. The molecule has 0 aliphatic carbocycles. The Balaban J connectivity index is 1.33. The summed E-state index contributed by atoms with van der Waals surface area (Å²) in [7, 11) is 1.63. The van der Waals surface area contributed by atoms with Gasteiger partial charge in [0, 0.05) is 29.3 Å². The zero-order chi connectivity index (χ0) is 21.5. The number of pyridine rings is 2. The van der Waals surface area contributed by atoms with Crippen molar-refractivity contribution >= 4 is 16.6 Å². The van der Waals surface area contributed by atoms with E-state index in [1.165, 1.54) is 0 Å². The van der Waals surface area contributed by atoms with Gasteiger partial charge in [0.15, 0.2) is 18.0 Å². The van der Waals surface area contributed by atoms with Crippen LogP contribution >= 0.6 is 0 Å². The van der Waals surface area contributed by atoms with Crippen LogP contribution in [0.1, 0.15) is 5.82 Å². The second-order valence-electron chi connectivity index (χ2n) is 7.29. The normalized spacial score (nSPS) is 12.4. The first-order valence-electron chi connectivity index (χ1n) is 10.1. The maximum absolute atomic E-state index is 6.09. The highest BCUT2D eigenvalue weighted by atomic mass is 16.5. The highest BCUT2D eigenvalue weighted by molar-refractivity contribution is 5.85. The number of nitrogens with zero attached hydrogens (tertiary/aromatic N) is 7. The highest BCUT2D eigenvalue weighted by Gasteiger charge is 2.13. The number of fused-ring (bicyclic) bond motifs is 3. The van der Waals surface area contributed by atoms with Crippen molar-refractivity contribution in [3.05, 3.63) is 78.5 Å². The van der Waals surface area contributed by atoms with Crippen LogP contribution in [0.25, 0.3) is 27.8 Å². The summed E-state index contributed by atoms with van der Waals surface area (Å²) >= 11 is 0. The number of methoxy groups -OCH3 is 1. The Morgan fingerprint density at radius 3 is 2.97 bits per heavy atom. The molecule has 0 N–H and O–H groups in total. The summed E-state index contributed by atoms with van der Waals surface area (Å²) in [4.78, 5) is 8.81. The van der Waals surface area contributed by atoms with Crippen LogP contribution in [0.15, 0.2) is 65.9 Å². The van der Waals surface area contributed by atoms with Gasteiger partial charge in [-0.3, -0.25) is 4.98 Å². The monoisotopic (exact) mass is 424 g/mol. The third-order valence-electron chi connectivity index (χ3n) is 5.38. The Morgan fingerprint density at radius 2 is 2.03 bits per heavy atom. The first-order chi connectivity index (χ1) is 15.8. The number of aromatic nitrogens is 6. The van der Waals surface area contributed by atoms with Gasteiger partial charge in [-0.25, -0.2) is 4.24 Å². The van der Waals surface area contributed by atoms with E-state index in [0.717, 1.165) is 33.4 Å². The minimum Gasteiger partial charge on any atom is -0.497 e. The Labute approximate surface area is 182 Å². The fourth-order valence-electron chi connectivity index (χ4n) is 3.74. The first kappa shape index (κ1) is 18.4. The molecule has 156 valence electrons. The Kier molecular flexibility index (Phi) is 4.24. The molecule has 0 atom stereocenters. The van der Waals surface area contributed by atoms with Crippen molar-refractivity contribution in [1.29, 1.82) is 0 Å². The van der Waals surface area contributed by atoms with Gasteiger partial charge in [0.2, 0.25) is 0 Å². The number of hydrogen-bond acceptors (Lipinski definition) is 7. The fraction of sp³-hybridized carbons (Fsp3) is 0.130. The molecular formula is C23H18N7O2+. The third kappa shape index (κ3) is 3.11. The van der Waals surface area contributed by atoms with Gasteiger partial charge in [0.25, 0.3) is 0 Å². The molecule has 0 spiro atoms.